The average molecular weight is 469 g/mol. The number of halogens is 1. The van der Waals surface area contributed by atoms with E-state index in [1.165, 1.54) is 0 Å². The van der Waals surface area contributed by atoms with E-state index in [1.807, 2.05) is 74.0 Å². The third-order valence-corrected chi connectivity index (χ3v) is 5.42. The number of aromatic nitrogens is 2. The van der Waals surface area contributed by atoms with E-state index in [-0.39, 0.29) is 31.2 Å². The molecule has 30 heavy (non-hydrogen) atoms. The molecule has 2 N–H and O–H groups in total. The first-order valence-electron chi connectivity index (χ1n) is 9.78. The van der Waals surface area contributed by atoms with Gasteiger partial charge in [0.1, 0.15) is 0 Å². The maximum atomic E-state index is 12.4. The molecule has 1 aromatic heterocycles. The summed E-state index contributed by atoms with van der Waals surface area (Å²) in [5.74, 6) is -0.263. The minimum atomic E-state index is -0.138. The number of benzene rings is 2. The number of hydrogen-bond donors (Lipinski definition) is 2. The number of rotatable bonds is 7. The molecule has 0 unspecified atom stereocenters. The molecule has 2 aromatic carbocycles. The fraction of sp³-hybridized carbons (Fsp3) is 0.261. The Bertz CT molecular complexity index is 1060. The quantitative estimate of drug-likeness (QED) is 0.544. The normalized spacial score (nSPS) is 10.7. The maximum absolute atomic E-state index is 12.4. The van der Waals surface area contributed by atoms with Crippen molar-refractivity contribution in [3.8, 4) is 5.69 Å². The molecule has 0 fully saturated rings. The third kappa shape index (κ3) is 5.36. The van der Waals surface area contributed by atoms with Gasteiger partial charge in [-0.25, -0.2) is 4.68 Å². The summed E-state index contributed by atoms with van der Waals surface area (Å²) in [6.07, 6.45) is 0.440. The van der Waals surface area contributed by atoms with Gasteiger partial charge < -0.3 is 10.6 Å². The molecule has 6 nitrogen and oxygen atoms in total. The molecule has 7 heteroatoms. The van der Waals surface area contributed by atoms with Crippen molar-refractivity contribution in [1.82, 2.24) is 15.1 Å². The van der Waals surface area contributed by atoms with Gasteiger partial charge in [0.05, 0.1) is 17.8 Å². The highest BCUT2D eigenvalue weighted by Crippen LogP contribution is 2.21. The van der Waals surface area contributed by atoms with E-state index in [9.17, 15) is 9.59 Å². The lowest BCUT2D eigenvalue weighted by atomic mass is 10.1. The summed E-state index contributed by atoms with van der Waals surface area (Å²) in [5.41, 5.74) is 5.39. The van der Waals surface area contributed by atoms with Gasteiger partial charge in [-0.1, -0.05) is 40.2 Å². The molecule has 0 atom stereocenters. The number of anilines is 1. The fourth-order valence-electron chi connectivity index (χ4n) is 3.23. The second-order valence-electron chi connectivity index (χ2n) is 7.18. The largest absolute Gasteiger partial charge is 0.355 e. The summed E-state index contributed by atoms with van der Waals surface area (Å²) >= 11 is 3.40. The lowest BCUT2D eigenvalue weighted by Crippen LogP contribution is -2.29. The highest BCUT2D eigenvalue weighted by atomic mass is 79.9. The molecule has 0 saturated heterocycles. The van der Waals surface area contributed by atoms with Crippen molar-refractivity contribution >= 4 is 33.4 Å². The highest BCUT2D eigenvalue weighted by Gasteiger charge is 2.16. The predicted molar refractivity (Wildman–Crippen MR) is 122 cm³/mol. The van der Waals surface area contributed by atoms with E-state index in [2.05, 4.69) is 31.7 Å². The van der Waals surface area contributed by atoms with Crippen molar-refractivity contribution in [2.24, 2.45) is 0 Å². The van der Waals surface area contributed by atoms with Crippen molar-refractivity contribution < 1.29 is 9.59 Å². The Labute approximate surface area is 184 Å². The molecule has 0 aliphatic rings. The molecule has 0 aliphatic heterocycles. The van der Waals surface area contributed by atoms with Gasteiger partial charge >= 0.3 is 0 Å². The van der Waals surface area contributed by atoms with Gasteiger partial charge in [0, 0.05) is 34.4 Å². The highest BCUT2D eigenvalue weighted by molar-refractivity contribution is 9.10. The van der Waals surface area contributed by atoms with Crippen molar-refractivity contribution in [3.05, 3.63) is 75.5 Å². The van der Waals surface area contributed by atoms with Crippen molar-refractivity contribution in [2.75, 3.05) is 11.9 Å². The van der Waals surface area contributed by atoms with E-state index < -0.39 is 0 Å². The molecule has 0 saturated carbocycles. The van der Waals surface area contributed by atoms with Gasteiger partial charge in [-0.3, -0.25) is 9.59 Å². The Morgan fingerprint density at radius 3 is 2.50 bits per heavy atom. The van der Waals surface area contributed by atoms with Crippen LogP contribution >= 0.6 is 15.9 Å². The molecular weight excluding hydrogens is 444 g/mol. The standard InChI is InChI=1S/C23H25BrN4O2/c1-15-9-10-18(24)13-21(15)26-22(29)11-12-25-23(30)14-20-16(2)27-28(17(20)3)19-7-5-4-6-8-19/h4-10,13H,11-12,14H2,1-3H3,(H,25,30)(H,26,29). The van der Waals surface area contributed by atoms with Crippen LogP contribution in [0.25, 0.3) is 5.69 Å². The van der Waals surface area contributed by atoms with Crippen LogP contribution in [-0.4, -0.2) is 28.1 Å². The van der Waals surface area contributed by atoms with Gasteiger partial charge in [-0.2, -0.15) is 5.10 Å². The molecule has 0 bridgehead atoms. The fourth-order valence-corrected chi connectivity index (χ4v) is 3.59. The van der Waals surface area contributed by atoms with E-state index in [4.69, 9.17) is 0 Å². The van der Waals surface area contributed by atoms with E-state index in [0.29, 0.717) is 0 Å². The first-order valence-corrected chi connectivity index (χ1v) is 10.6. The van der Waals surface area contributed by atoms with Crippen LogP contribution in [0.4, 0.5) is 5.69 Å². The van der Waals surface area contributed by atoms with E-state index in [0.717, 1.165) is 38.4 Å². The molecule has 156 valence electrons. The van der Waals surface area contributed by atoms with Crippen LogP contribution in [-0.2, 0) is 16.0 Å². The lowest BCUT2D eigenvalue weighted by Gasteiger charge is -2.10. The minimum Gasteiger partial charge on any atom is -0.355 e. The van der Waals surface area contributed by atoms with E-state index >= 15 is 0 Å². The number of nitrogens with zero attached hydrogens (tertiary/aromatic N) is 2. The number of amides is 2. The molecule has 0 spiro atoms. The second-order valence-corrected chi connectivity index (χ2v) is 8.10. The first kappa shape index (κ1) is 21.8. The second kappa shape index (κ2) is 9.71. The van der Waals surface area contributed by atoms with Crippen LogP contribution in [0.1, 0.15) is 28.9 Å². The zero-order valence-electron chi connectivity index (χ0n) is 17.3. The smallest absolute Gasteiger partial charge is 0.226 e. The Morgan fingerprint density at radius 2 is 1.77 bits per heavy atom. The average Bonchev–Trinajstić information content (AvgIpc) is 2.99. The summed E-state index contributed by atoms with van der Waals surface area (Å²) in [7, 11) is 0. The summed E-state index contributed by atoms with van der Waals surface area (Å²) < 4.78 is 2.75. The third-order valence-electron chi connectivity index (χ3n) is 4.93. The Balaban J connectivity index is 1.53. The van der Waals surface area contributed by atoms with Crippen LogP contribution in [0.15, 0.2) is 53.0 Å². The topological polar surface area (TPSA) is 76.0 Å². The summed E-state index contributed by atoms with van der Waals surface area (Å²) in [5, 5.41) is 10.3. The predicted octanol–water partition coefficient (Wildman–Crippen LogP) is 4.25. The van der Waals surface area contributed by atoms with Crippen LogP contribution in [0.3, 0.4) is 0 Å². The van der Waals surface area contributed by atoms with Crippen LogP contribution in [0.2, 0.25) is 0 Å². The molecule has 2 amide bonds. The molecular formula is C23H25BrN4O2. The molecule has 1 heterocycles. The van der Waals surface area contributed by atoms with Gasteiger partial charge in [-0.15, -0.1) is 0 Å². The van der Waals surface area contributed by atoms with E-state index in [1.54, 1.807) is 0 Å². The zero-order chi connectivity index (χ0) is 21.7. The maximum Gasteiger partial charge on any atom is 0.226 e. The Kier molecular flexibility index (Phi) is 7.05. The summed E-state index contributed by atoms with van der Waals surface area (Å²) in [6.45, 7) is 6.08. The van der Waals surface area contributed by atoms with Crippen LogP contribution in [0.5, 0.6) is 0 Å². The van der Waals surface area contributed by atoms with Crippen molar-refractivity contribution in [3.63, 3.8) is 0 Å². The summed E-state index contributed by atoms with van der Waals surface area (Å²) in [4.78, 5) is 24.6. The van der Waals surface area contributed by atoms with Gasteiger partial charge in [0.25, 0.3) is 0 Å². The first-order chi connectivity index (χ1) is 14.3. The number of carbonyl (C=O) groups is 2. The monoisotopic (exact) mass is 468 g/mol. The molecule has 3 aromatic rings. The zero-order valence-corrected chi connectivity index (χ0v) is 18.9. The SMILES string of the molecule is Cc1ccc(Br)cc1NC(=O)CCNC(=O)Cc1c(C)nn(-c2ccccc2)c1C. The number of para-hydroxylation sites is 1. The molecule has 0 aliphatic carbocycles. The van der Waals surface area contributed by atoms with Crippen molar-refractivity contribution in [1.29, 1.82) is 0 Å². The Hall–Kier alpha value is -2.93. The number of hydrogen-bond acceptors (Lipinski definition) is 3. The minimum absolute atomic E-state index is 0.125. The van der Waals surface area contributed by atoms with Gasteiger partial charge in [0.2, 0.25) is 11.8 Å². The molecule has 3 rings (SSSR count). The van der Waals surface area contributed by atoms with Gasteiger partial charge in [-0.05, 0) is 50.6 Å². The number of carbonyl (C=O) groups excluding carboxylic acids is 2. The Morgan fingerprint density at radius 1 is 1.03 bits per heavy atom. The molecule has 0 radical (unpaired) electrons. The van der Waals surface area contributed by atoms with Crippen molar-refractivity contribution in [2.45, 2.75) is 33.6 Å². The summed E-state index contributed by atoms with van der Waals surface area (Å²) in [6, 6.07) is 15.6. The number of nitrogens with one attached hydrogen (secondary N) is 2. The van der Waals surface area contributed by atoms with Crippen LogP contribution < -0.4 is 10.6 Å². The lowest BCUT2D eigenvalue weighted by molar-refractivity contribution is -0.120. The van der Waals surface area contributed by atoms with Crippen LogP contribution in [0, 0.1) is 20.8 Å². The van der Waals surface area contributed by atoms with Gasteiger partial charge in [0.15, 0.2) is 0 Å². The number of aryl methyl sites for hydroxylation is 2.